The number of imidazole rings is 3. The SMILES string of the molecule is Cc1ccc(Cn2cc[n+](C)c2C)cc1.Cc1cccc(Cn2cc[n+](C)c2C)c1.Cc1ccccc1Cn1cc[n+](C)c1C. The van der Waals surface area contributed by atoms with E-state index in [1.165, 1.54) is 50.9 Å². The quantitative estimate of drug-likeness (QED) is 0.211. The molecule has 0 aliphatic heterocycles. The lowest BCUT2D eigenvalue weighted by Gasteiger charge is -2.03. The van der Waals surface area contributed by atoms with Crippen molar-refractivity contribution in [2.24, 2.45) is 21.1 Å². The van der Waals surface area contributed by atoms with Crippen LogP contribution in [0.15, 0.2) is 110 Å². The van der Waals surface area contributed by atoms with Crippen LogP contribution in [0.2, 0.25) is 0 Å². The summed E-state index contributed by atoms with van der Waals surface area (Å²) in [7, 11) is 6.22. The van der Waals surface area contributed by atoms with Crippen molar-refractivity contribution in [2.75, 3.05) is 0 Å². The molecule has 0 amide bonds. The minimum atomic E-state index is 0.951. The molecule has 0 atom stereocenters. The zero-order valence-corrected chi connectivity index (χ0v) is 28.7. The van der Waals surface area contributed by atoms with Crippen LogP contribution in [-0.2, 0) is 40.8 Å². The maximum absolute atomic E-state index is 2.27. The van der Waals surface area contributed by atoms with Crippen LogP contribution in [-0.4, -0.2) is 13.7 Å². The lowest BCUT2D eigenvalue weighted by Crippen LogP contribution is -2.29. The van der Waals surface area contributed by atoms with Gasteiger partial charge in [0.2, 0.25) is 0 Å². The maximum Gasteiger partial charge on any atom is 0.253 e. The van der Waals surface area contributed by atoms with E-state index < -0.39 is 0 Å². The van der Waals surface area contributed by atoms with Gasteiger partial charge in [-0.25, -0.2) is 27.4 Å². The van der Waals surface area contributed by atoms with Crippen molar-refractivity contribution in [2.45, 2.75) is 61.2 Å². The average Bonchev–Trinajstić information content (AvgIpc) is 3.63. The third-order valence-corrected chi connectivity index (χ3v) is 8.70. The van der Waals surface area contributed by atoms with E-state index in [2.05, 4.69) is 200 Å². The molecule has 0 saturated carbocycles. The van der Waals surface area contributed by atoms with E-state index in [4.69, 9.17) is 0 Å². The first-order valence-corrected chi connectivity index (χ1v) is 15.7. The molecule has 0 aliphatic rings. The molecular formula is C39H51N6+3. The second-order valence-electron chi connectivity index (χ2n) is 12.2. The third kappa shape index (κ3) is 9.15. The van der Waals surface area contributed by atoms with E-state index in [1.807, 2.05) is 0 Å². The molecule has 234 valence electrons. The molecule has 0 aliphatic carbocycles. The van der Waals surface area contributed by atoms with E-state index in [0.29, 0.717) is 0 Å². The molecule has 0 spiro atoms. The van der Waals surface area contributed by atoms with Gasteiger partial charge in [0.15, 0.2) is 0 Å². The maximum atomic E-state index is 2.27. The van der Waals surface area contributed by atoms with E-state index in [-0.39, 0.29) is 0 Å². The summed E-state index contributed by atoms with van der Waals surface area (Å²) in [6.07, 6.45) is 12.6. The van der Waals surface area contributed by atoms with Gasteiger partial charge in [0.1, 0.15) is 56.8 Å². The van der Waals surface area contributed by atoms with Gasteiger partial charge in [0.05, 0.1) is 21.1 Å². The summed E-state index contributed by atoms with van der Waals surface area (Å²) in [4.78, 5) is 0. The molecule has 6 aromatic rings. The number of benzene rings is 3. The van der Waals surface area contributed by atoms with E-state index in [1.54, 1.807) is 0 Å². The molecule has 6 heteroatoms. The molecule has 3 heterocycles. The molecular weight excluding hydrogens is 552 g/mol. The highest BCUT2D eigenvalue weighted by Crippen LogP contribution is 2.10. The normalized spacial score (nSPS) is 10.6. The van der Waals surface area contributed by atoms with Gasteiger partial charge in [-0.1, -0.05) is 83.9 Å². The number of hydrogen-bond donors (Lipinski definition) is 0. The Bertz CT molecular complexity index is 1820. The topological polar surface area (TPSA) is 26.4 Å². The fourth-order valence-electron chi connectivity index (χ4n) is 5.17. The Labute approximate surface area is 270 Å². The smallest absolute Gasteiger partial charge is 0.237 e. The first-order chi connectivity index (χ1) is 21.5. The van der Waals surface area contributed by atoms with Gasteiger partial charge in [-0.15, -0.1) is 0 Å². The Morgan fingerprint density at radius 1 is 0.467 bits per heavy atom. The van der Waals surface area contributed by atoms with Crippen LogP contribution in [0.3, 0.4) is 0 Å². The number of nitrogens with zero attached hydrogens (tertiary/aromatic N) is 6. The van der Waals surface area contributed by atoms with Crippen LogP contribution >= 0.6 is 0 Å². The van der Waals surface area contributed by atoms with Crippen molar-refractivity contribution < 1.29 is 13.7 Å². The molecule has 0 unspecified atom stereocenters. The summed E-state index contributed by atoms with van der Waals surface area (Å²) >= 11 is 0. The van der Waals surface area contributed by atoms with Crippen LogP contribution in [0.25, 0.3) is 0 Å². The summed E-state index contributed by atoms with van der Waals surface area (Å²) < 4.78 is 13.2. The fourth-order valence-corrected chi connectivity index (χ4v) is 5.17. The predicted molar refractivity (Wildman–Crippen MR) is 182 cm³/mol. The summed E-state index contributed by atoms with van der Waals surface area (Å²) in [5.41, 5.74) is 8.08. The highest BCUT2D eigenvalue weighted by Gasteiger charge is 2.11. The Kier molecular flexibility index (Phi) is 11.3. The van der Waals surface area contributed by atoms with Gasteiger partial charge in [0.25, 0.3) is 17.5 Å². The number of rotatable bonds is 6. The largest absolute Gasteiger partial charge is 0.253 e. The summed E-state index contributed by atoms with van der Waals surface area (Å²) in [6, 6.07) is 25.9. The standard InChI is InChI=1S/3C13H17N2/c1-11-4-6-13(7-5-11)10-15-9-8-14(3)12(15)2;1-11-5-4-6-13(9-11)10-15-8-7-14(3)12(15)2;1-11-6-4-5-7-13(11)10-15-9-8-14(3)12(15)2/h3*4-9H,10H2,1-3H3/q3*+1. The van der Waals surface area contributed by atoms with Crippen LogP contribution in [0.4, 0.5) is 0 Å². The molecule has 0 saturated heterocycles. The summed E-state index contributed by atoms with van der Waals surface area (Å²) in [6.45, 7) is 15.7. The molecule has 0 bridgehead atoms. The van der Waals surface area contributed by atoms with Crippen molar-refractivity contribution in [1.29, 1.82) is 0 Å². The van der Waals surface area contributed by atoms with Gasteiger partial charge >= 0.3 is 0 Å². The Balaban J connectivity index is 0.000000154. The first-order valence-electron chi connectivity index (χ1n) is 15.7. The number of aryl methyl sites for hydroxylation is 6. The molecule has 6 nitrogen and oxygen atoms in total. The van der Waals surface area contributed by atoms with Gasteiger partial charge in [0, 0.05) is 20.8 Å². The summed E-state index contributed by atoms with van der Waals surface area (Å²) in [5.74, 6) is 3.82. The minimum absolute atomic E-state index is 0.951. The van der Waals surface area contributed by atoms with Crippen LogP contribution in [0.5, 0.6) is 0 Å². The van der Waals surface area contributed by atoms with Gasteiger partial charge in [-0.2, -0.15) is 0 Å². The summed E-state index contributed by atoms with van der Waals surface area (Å²) in [5, 5.41) is 0. The van der Waals surface area contributed by atoms with Crippen LogP contribution in [0.1, 0.15) is 50.9 Å². The number of hydrogen-bond acceptors (Lipinski definition) is 0. The Hall–Kier alpha value is -4.71. The van der Waals surface area contributed by atoms with Crippen LogP contribution < -0.4 is 13.7 Å². The average molecular weight is 604 g/mol. The fraction of sp³-hybridized carbons (Fsp3) is 0.308. The second kappa shape index (κ2) is 15.3. The molecule has 0 fully saturated rings. The van der Waals surface area contributed by atoms with Crippen molar-refractivity contribution in [1.82, 2.24) is 13.7 Å². The van der Waals surface area contributed by atoms with E-state index in [9.17, 15) is 0 Å². The van der Waals surface area contributed by atoms with Crippen molar-refractivity contribution in [3.05, 3.63) is 161 Å². The zero-order valence-electron chi connectivity index (χ0n) is 28.7. The zero-order chi connectivity index (χ0) is 32.5. The molecule has 0 radical (unpaired) electrons. The first kappa shape index (κ1) is 33.2. The monoisotopic (exact) mass is 603 g/mol. The van der Waals surface area contributed by atoms with Crippen molar-refractivity contribution in [3.63, 3.8) is 0 Å². The lowest BCUT2D eigenvalue weighted by molar-refractivity contribution is -0.677. The second-order valence-corrected chi connectivity index (χ2v) is 12.2. The van der Waals surface area contributed by atoms with Gasteiger partial charge < -0.3 is 0 Å². The minimum Gasteiger partial charge on any atom is -0.237 e. The highest BCUT2D eigenvalue weighted by atomic mass is 15.1. The molecule has 0 N–H and O–H groups in total. The molecule has 3 aromatic carbocycles. The highest BCUT2D eigenvalue weighted by molar-refractivity contribution is 5.26. The number of aromatic nitrogens is 6. The Morgan fingerprint density at radius 3 is 1.42 bits per heavy atom. The third-order valence-electron chi connectivity index (χ3n) is 8.70. The molecule has 3 aromatic heterocycles. The lowest BCUT2D eigenvalue weighted by atomic mass is 10.1. The molecule has 45 heavy (non-hydrogen) atoms. The van der Waals surface area contributed by atoms with Crippen molar-refractivity contribution in [3.8, 4) is 0 Å². The Morgan fingerprint density at radius 2 is 0.956 bits per heavy atom. The van der Waals surface area contributed by atoms with Gasteiger partial charge in [-0.3, -0.25) is 0 Å². The van der Waals surface area contributed by atoms with E-state index >= 15 is 0 Å². The van der Waals surface area contributed by atoms with Gasteiger partial charge in [-0.05, 0) is 43.0 Å². The van der Waals surface area contributed by atoms with E-state index in [0.717, 1.165) is 19.6 Å². The molecule has 6 rings (SSSR count). The predicted octanol–water partition coefficient (Wildman–Crippen LogP) is 5.93. The van der Waals surface area contributed by atoms with Crippen LogP contribution in [0, 0.1) is 41.5 Å². The van der Waals surface area contributed by atoms with Crippen molar-refractivity contribution >= 4 is 0 Å².